The molecular weight excluding hydrogens is 564 g/mol. The molecule has 5 rings (SSSR count). The first kappa shape index (κ1) is 25.5. The molecule has 188 valence electrons. The Balaban J connectivity index is 1.31. The van der Waals surface area contributed by atoms with Gasteiger partial charge in [-0.2, -0.15) is 14.9 Å². The zero-order valence-electron chi connectivity index (χ0n) is 20.3. The van der Waals surface area contributed by atoms with Gasteiger partial charge in [0.05, 0.1) is 28.4 Å². The van der Waals surface area contributed by atoms with Crippen LogP contribution < -0.4 is 10.6 Å². The highest BCUT2D eigenvalue weighted by Crippen LogP contribution is 2.30. The van der Waals surface area contributed by atoms with Crippen molar-refractivity contribution in [2.24, 2.45) is 0 Å². The second-order valence-electron chi connectivity index (χ2n) is 8.72. The molecule has 0 radical (unpaired) electrons. The lowest BCUT2D eigenvalue weighted by atomic mass is 10.0. The number of benzene rings is 3. The van der Waals surface area contributed by atoms with E-state index >= 15 is 0 Å². The molecule has 1 unspecified atom stereocenters. The number of halogens is 2. The number of hydrogen-bond donors (Lipinski definition) is 2. The van der Waals surface area contributed by atoms with Crippen LogP contribution in [-0.4, -0.2) is 20.5 Å². The van der Waals surface area contributed by atoms with Crippen LogP contribution in [0.25, 0.3) is 16.9 Å². The van der Waals surface area contributed by atoms with E-state index in [-0.39, 0.29) is 11.8 Å². The van der Waals surface area contributed by atoms with Gasteiger partial charge < -0.3 is 10.6 Å². The van der Waals surface area contributed by atoms with Crippen molar-refractivity contribution in [1.82, 2.24) is 14.6 Å². The lowest BCUT2D eigenvalue weighted by molar-refractivity contribution is 0.102. The molecule has 7 nitrogen and oxygen atoms in total. The van der Waals surface area contributed by atoms with E-state index in [2.05, 4.69) is 37.7 Å². The summed E-state index contributed by atoms with van der Waals surface area (Å²) in [4.78, 5) is 17.5. The molecular formula is C29H22BrClN6O. The molecule has 3 aromatic carbocycles. The van der Waals surface area contributed by atoms with Crippen molar-refractivity contribution in [3.8, 4) is 17.3 Å². The quantitative estimate of drug-likeness (QED) is 0.209. The first-order chi connectivity index (χ1) is 18.4. The number of nitrogens with zero attached hydrogens (tertiary/aromatic N) is 4. The molecule has 1 atom stereocenters. The smallest absolute Gasteiger partial charge is 0.255 e. The maximum absolute atomic E-state index is 12.7. The average Bonchev–Trinajstić information content (AvgIpc) is 3.32. The molecule has 0 fully saturated rings. The molecule has 9 heteroatoms. The summed E-state index contributed by atoms with van der Waals surface area (Å²) in [6.07, 6.45) is 1.71. The van der Waals surface area contributed by atoms with Crippen molar-refractivity contribution >= 4 is 50.6 Å². The Labute approximate surface area is 233 Å². The number of aromatic nitrogens is 3. The fourth-order valence-corrected chi connectivity index (χ4v) is 4.58. The topological polar surface area (TPSA) is 95.1 Å². The van der Waals surface area contributed by atoms with Gasteiger partial charge >= 0.3 is 0 Å². The summed E-state index contributed by atoms with van der Waals surface area (Å²) in [6.45, 7) is 2.34. The van der Waals surface area contributed by atoms with Gasteiger partial charge in [0.2, 0.25) is 0 Å². The van der Waals surface area contributed by atoms with Crippen molar-refractivity contribution in [1.29, 1.82) is 5.26 Å². The van der Waals surface area contributed by atoms with E-state index in [0.717, 1.165) is 32.7 Å². The number of anilines is 2. The minimum atomic E-state index is -0.278. The van der Waals surface area contributed by atoms with Gasteiger partial charge in [-0.3, -0.25) is 4.79 Å². The van der Waals surface area contributed by atoms with Crippen LogP contribution >= 0.6 is 27.5 Å². The Morgan fingerprint density at radius 1 is 1.11 bits per heavy atom. The Bertz CT molecular complexity index is 1680. The van der Waals surface area contributed by atoms with Crippen molar-refractivity contribution in [3.05, 3.63) is 111 Å². The van der Waals surface area contributed by atoms with Crippen LogP contribution in [0.4, 0.5) is 11.5 Å². The van der Waals surface area contributed by atoms with Crippen LogP contribution in [0.15, 0.2) is 89.5 Å². The number of fused-ring (bicyclic) bond motifs is 1. The van der Waals surface area contributed by atoms with Crippen LogP contribution in [0.3, 0.4) is 0 Å². The van der Waals surface area contributed by atoms with Crippen molar-refractivity contribution in [2.45, 2.75) is 19.4 Å². The van der Waals surface area contributed by atoms with E-state index in [4.69, 9.17) is 21.8 Å². The highest BCUT2D eigenvalue weighted by Gasteiger charge is 2.14. The molecule has 2 aromatic heterocycles. The molecule has 0 aliphatic carbocycles. The van der Waals surface area contributed by atoms with Gasteiger partial charge in [-0.1, -0.05) is 54.1 Å². The van der Waals surface area contributed by atoms with Crippen LogP contribution in [-0.2, 0) is 6.54 Å². The molecule has 1 amide bonds. The number of hydrogen-bond acceptors (Lipinski definition) is 5. The van der Waals surface area contributed by atoms with E-state index in [1.807, 2.05) is 67.6 Å². The summed E-state index contributed by atoms with van der Waals surface area (Å²) in [5.74, 6) is 0.262. The fourth-order valence-electron chi connectivity index (χ4n) is 3.99. The third-order valence-electron chi connectivity index (χ3n) is 6.11. The zero-order chi connectivity index (χ0) is 26.6. The minimum Gasteiger partial charge on any atom is -0.366 e. The number of amides is 1. The maximum atomic E-state index is 12.7. The SMILES string of the molecule is CC(C#N)c1cccc(C(=O)Nc2ccc(CNc3cc(-c4ccccc4Cl)nc4c(Br)cnn34)cc2)c1. The Hall–Kier alpha value is -4.19. The third kappa shape index (κ3) is 5.40. The molecule has 0 saturated carbocycles. The molecule has 2 heterocycles. The van der Waals surface area contributed by atoms with Gasteiger partial charge in [-0.15, -0.1) is 0 Å². The van der Waals surface area contributed by atoms with E-state index in [1.54, 1.807) is 28.9 Å². The van der Waals surface area contributed by atoms with E-state index in [9.17, 15) is 4.79 Å². The van der Waals surface area contributed by atoms with Crippen LogP contribution in [0.5, 0.6) is 0 Å². The average molecular weight is 586 g/mol. The molecule has 0 aliphatic rings. The predicted molar refractivity (Wildman–Crippen MR) is 153 cm³/mol. The Morgan fingerprint density at radius 3 is 2.66 bits per heavy atom. The van der Waals surface area contributed by atoms with E-state index < -0.39 is 0 Å². The molecule has 5 aromatic rings. The molecule has 0 saturated heterocycles. The van der Waals surface area contributed by atoms with E-state index in [1.165, 1.54) is 0 Å². The number of nitrogens with one attached hydrogen (secondary N) is 2. The predicted octanol–water partition coefficient (Wildman–Crippen LogP) is 7.30. The van der Waals surface area contributed by atoms with Gasteiger partial charge in [0.15, 0.2) is 5.65 Å². The fraction of sp³-hybridized carbons (Fsp3) is 0.103. The number of nitriles is 1. The van der Waals surface area contributed by atoms with Crippen molar-refractivity contribution in [3.63, 3.8) is 0 Å². The highest BCUT2D eigenvalue weighted by atomic mass is 79.9. The van der Waals surface area contributed by atoms with E-state index in [0.29, 0.717) is 28.5 Å². The van der Waals surface area contributed by atoms with Crippen molar-refractivity contribution < 1.29 is 4.79 Å². The molecule has 0 bridgehead atoms. The Kier molecular flexibility index (Phi) is 7.40. The summed E-state index contributed by atoms with van der Waals surface area (Å²) >= 11 is 9.96. The van der Waals surface area contributed by atoms with Crippen LogP contribution in [0.1, 0.15) is 34.3 Å². The molecule has 2 N–H and O–H groups in total. The van der Waals surface area contributed by atoms with Crippen LogP contribution in [0.2, 0.25) is 5.02 Å². The molecule has 38 heavy (non-hydrogen) atoms. The lowest BCUT2D eigenvalue weighted by Gasteiger charge is -2.12. The summed E-state index contributed by atoms with van der Waals surface area (Å²) in [6, 6.07) is 26.4. The summed E-state index contributed by atoms with van der Waals surface area (Å²) < 4.78 is 2.52. The van der Waals surface area contributed by atoms with Gasteiger partial charge in [0, 0.05) is 34.4 Å². The standard InChI is InChI=1S/C29H22BrClN6O/c1-18(15-32)20-5-4-6-21(13-20)29(38)35-22-11-9-19(10-12-22)16-33-27-14-26(23-7-2-3-8-25(23)31)36-28-24(30)17-34-37(27)28/h2-14,17-18,33H,16H2,1H3,(H,35,38). The molecule has 0 spiro atoms. The van der Waals surface area contributed by atoms with Gasteiger partial charge in [0.25, 0.3) is 5.91 Å². The number of rotatable bonds is 7. The first-order valence-electron chi connectivity index (χ1n) is 11.9. The summed E-state index contributed by atoms with van der Waals surface area (Å²) in [7, 11) is 0. The summed E-state index contributed by atoms with van der Waals surface area (Å²) in [5, 5.41) is 20.6. The summed E-state index contributed by atoms with van der Waals surface area (Å²) in [5.41, 5.74) is 5.27. The second kappa shape index (κ2) is 11.1. The largest absolute Gasteiger partial charge is 0.366 e. The maximum Gasteiger partial charge on any atom is 0.255 e. The lowest BCUT2D eigenvalue weighted by Crippen LogP contribution is -2.12. The Morgan fingerprint density at radius 2 is 1.89 bits per heavy atom. The van der Waals surface area contributed by atoms with Gasteiger partial charge in [-0.25, -0.2) is 4.98 Å². The minimum absolute atomic E-state index is 0.224. The second-order valence-corrected chi connectivity index (χ2v) is 9.98. The third-order valence-corrected chi connectivity index (χ3v) is 7.00. The highest BCUT2D eigenvalue weighted by molar-refractivity contribution is 9.10. The van der Waals surface area contributed by atoms with Crippen LogP contribution in [0, 0.1) is 11.3 Å². The number of carbonyl (C=O) groups excluding carboxylic acids is 1. The van der Waals surface area contributed by atoms with Crippen molar-refractivity contribution in [2.75, 3.05) is 10.6 Å². The van der Waals surface area contributed by atoms with Gasteiger partial charge in [-0.05, 0) is 64.3 Å². The normalized spacial score (nSPS) is 11.6. The first-order valence-corrected chi connectivity index (χ1v) is 13.0. The zero-order valence-corrected chi connectivity index (χ0v) is 22.7. The molecule has 0 aliphatic heterocycles. The monoisotopic (exact) mass is 584 g/mol. The van der Waals surface area contributed by atoms with Gasteiger partial charge in [0.1, 0.15) is 5.82 Å². The number of carbonyl (C=O) groups is 1.